The Labute approximate surface area is 180 Å². The number of benzene rings is 1. The van der Waals surface area contributed by atoms with Crippen molar-refractivity contribution in [2.45, 2.75) is 38.7 Å². The third kappa shape index (κ3) is 4.44. The fraction of sp³-hybridized carbons (Fsp3) is 0.391. The van der Waals surface area contributed by atoms with Gasteiger partial charge in [0.25, 0.3) is 0 Å². The van der Waals surface area contributed by atoms with Crippen molar-refractivity contribution in [1.29, 1.82) is 0 Å². The number of amides is 1. The summed E-state index contributed by atoms with van der Waals surface area (Å²) in [6, 6.07) is 10.7. The molecule has 1 aliphatic rings. The summed E-state index contributed by atoms with van der Waals surface area (Å²) in [5.41, 5.74) is 7.19. The summed E-state index contributed by atoms with van der Waals surface area (Å²) >= 11 is 0. The molecule has 8 heteroatoms. The molecule has 0 unspecified atom stereocenters. The molecule has 3 aromatic rings. The number of primary amides is 1. The highest BCUT2D eigenvalue weighted by Gasteiger charge is 2.26. The van der Waals surface area contributed by atoms with Crippen LogP contribution in [0.5, 0.6) is 0 Å². The second-order valence-electron chi connectivity index (χ2n) is 8.63. The summed E-state index contributed by atoms with van der Waals surface area (Å²) in [6.07, 6.45) is 3.46. The lowest BCUT2D eigenvalue weighted by Gasteiger charge is -2.33. The van der Waals surface area contributed by atoms with Crippen molar-refractivity contribution in [3.63, 3.8) is 0 Å². The molecule has 1 aromatic carbocycles. The number of fused-ring (bicyclic) bond motifs is 1. The van der Waals surface area contributed by atoms with Crippen LogP contribution in [0.1, 0.15) is 48.3 Å². The van der Waals surface area contributed by atoms with Gasteiger partial charge in [0.15, 0.2) is 11.4 Å². The molecular weight excluding hydrogens is 394 g/mol. The number of hydrogen-bond acceptors (Lipinski definition) is 6. The first-order chi connectivity index (χ1) is 14.7. The first-order valence-electron chi connectivity index (χ1n) is 10.5. The molecule has 3 heterocycles. The lowest BCUT2D eigenvalue weighted by atomic mass is 9.96. The third-order valence-corrected chi connectivity index (χ3v) is 5.80. The second-order valence-corrected chi connectivity index (χ2v) is 8.63. The molecular formula is C23H27N5O3. The minimum absolute atomic E-state index is 0.0572. The van der Waals surface area contributed by atoms with Crippen LogP contribution in [0.15, 0.2) is 42.6 Å². The summed E-state index contributed by atoms with van der Waals surface area (Å²) < 4.78 is 1.73. The fourth-order valence-corrected chi connectivity index (χ4v) is 4.01. The van der Waals surface area contributed by atoms with Crippen molar-refractivity contribution in [1.82, 2.24) is 14.6 Å². The highest BCUT2D eigenvalue weighted by molar-refractivity contribution is 5.97. The van der Waals surface area contributed by atoms with Crippen LogP contribution in [0.4, 0.5) is 5.82 Å². The van der Waals surface area contributed by atoms with Crippen LogP contribution in [0.3, 0.4) is 0 Å². The van der Waals surface area contributed by atoms with Crippen molar-refractivity contribution in [2.75, 3.05) is 18.0 Å². The standard InChI is InChI=1S/C23H27N5O3/c1-23(2,31)17-7-5-15(6-8-17)19(29)12-18-13-21(28-20(26-18)9-10-25-28)27-11-3-4-16(14-27)22(24)30/h5-10,13,16,31H,3-4,11-12,14H2,1-2H3,(H2,24,30)/t16-/m1/s1. The van der Waals surface area contributed by atoms with E-state index in [-0.39, 0.29) is 24.0 Å². The van der Waals surface area contributed by atoms with E-state index in [0.717, 1.165) is 30.8 Å². The van der Waals surface area contributed by atoms with E-state index in [0.29, 0.717) is 23.4 Å². The molecule has 1 amide bonds. The number of piperidine rings is 1. The monoisotopic (exact) mass is 421 g/mol. The molecule has 0 aliphatic carbocycles. The van der Waals surface area contributed by atoms with E-state index < -0.39 is 5.60 Å². The summed E-state index contributed by atoms with van der Waals surface area (Å²) in [6.45, 7) is 4.73. The average molecular weight is 422 g/mol. The largest absolute Gasteiger partial charge is 0.386 e. The zero-order chi connectivity index (χ0) is 22.2. The molecule has 0 saturated carbocycles. The summed E-state index contributed by atoms with van der Waals surface area (Å²) in [5.74, 6) is 0.256. The van der Waals surface area contributed by atoms with Gasteiger partial charge >= 0.3 is 0 Å². The highest BCUT2D eigenvalue weighted by Crippen LogP contribution is 2.25. The molecule has 1 atom stereocenters. The van der Waals surface area contributed by atoms with Gasteiger partial charge < -0.3 is 15.7 Å². The van der Waals surface area contributed by atoms with Crippen LogP contribution in [-0.2, 0) is 16.8 Å². The number of hydrogen-bond donors (Lipinski definition) is 2. The summed E-state index contributed by atoms with van der Waals surface area (Å²) in [4.78, 5) is 31.3. The first-order valence-corrected chi connectivity index (χ1v) is 10.5. The predicted octanol–water partition coefficient (Wildman–Crippen LogP) is 2.08. The van der Waals surface area contributed by atoms with Crippen LogP contribution < -0.4 is 10.6 Å². The minimum atomic E-state index is -0.956. The number of rotatable bonds is 6. The summed E-state index contributed by atoms with van der Waals surface area (Å²) in [5, 5.41) is 14.5. The highest BCUT2D eigenvalue weighted by atomic mass is 16.3. The first kappa shape index (κ1) is 21.0. The number of ketones is 1. The van der Waals surface area contributed by atoms with Crippen molar-refractivity contribution < 1.29 is 14.7 Å². The van der Waals surface area contributed by atoms with E-state index in [4.69, 9.17) is 5.73 Å². The second kappa shape index (κ2) is 8.11. The number of nitrogens with zero attached hydrogens (tertiary/aromatic N) is 4. The summed E-state index contributed by atoms with van der Waals surface area (Å²) in [7, 11) is 0. The molecule has 1 aliphatic heterocycles. The van der Waals surface area contributed by atoms with Crippen LogP contribution >= 0.6 is 0 Å². The third-order valence-electron chi connectivity index (χ3n) is 5.80. The van der Waals surface area contributed by atoms with E-state index in [1.54, 1.807) is 54.9 Å². The number of aromatic nitrogens is 3. The Hall–Kier alpha value is -3.26. The van der Waals surface area contributed by atoms with Crippen LogP contribution in [0.25, 0.3) is 5.65 Å². The molecule has 2 aromatic heterocycles. The van der Waals surface area contributed by atoms with Gasteiger partial charge in [-0.25, -0.2) is 4.98 Å². The molecule has 1 saturated heterocycles. The van der Waals surface area contributed by atoms with Gasteiger partial charge in [0, 0.05) is 30.8 Å². The number of carbonyl (C=O) groups excluding carboxylic acids is 2. The average Bonchev–Trinajstić information content (AvgIpc) is 3.21. The Morgan fingerprint density at radius 1 is 1.23 bits per heavy atom. The Morgan fingerprint density at radius 2 is 1.97 bits per heavy atom. The van der Waals surface area contributed by atoms with Gasteiger partial charge in [0.1, 0.15) is 5.82 Å². The number of nitrogens with two attached hydrogens (primary N) is 1. The Morgan fingerprint density at radius 3 is 2.65 bits per heavy atom. The Kier molecular flexibility index (Phi) is 5.49. The minimum Gasteiger partial charge on any atom is -0.386 e. The van der Waals surface area contributed by atoms with Crippen LogP contribution in [0, 0.1) is 5.92 Å². The van der Waals surface area contributed by atoms with Gasteiger partial charge in [0.05, 0.1) is 29.8 Å². The zero-order valence-corrected chi connectivity index (χ0v) is 17.8. The van der Waals surface area contributed by atoms with Gasteiger partial charge in [0.2, 0.25) is 5.91 Å². The van der Waals surface area contributed by atoms with Gasteiger partial charge in [-0.15, -0.1) is 0 Å². The van der Waals surface area contributed by atoms with Crippen molar-refractivity contribution >= 4 is 23.2 Å². The van der Waals surface area contributed by atoms with Crippen molar-refractivity contribution in [3.8, 4) is 0 Å². The molecule has 1 fully saturated rings. The quantitative estimate of drug-likeness (QED) is 0.589. The van der Waals surface area contributed by atoms with E-state index in [2.05, 4.69) is 15.0 Å². The maximum absolute atomic E-state index is 12.9. The maximum atomic E-state index is 12.9. The van der Waals surface area contributed by atoms with Gasteiger partial charge in [-0.2, -0.15) is 9.61 Å². The lowest BCUT2D eigenvalue weighted by Crippen LogP contribution is -2.42. The molecule has 31 heavy (non-hydrogen) atoms. The predicted molar refractivity (Wildman–Crippen MR) is 117 cm³/mol. The topological polar surface area (TPSA) is 114 Å². The maximum Gasteiger partial charge on any atom is 0.222 e. The molecule has 162 valence electrons. The smallest absolute Gasteiger partial charge is 0.222 e. The Bertz CT molecular complexity index is 1110. The van der Waals surface area contributed by atoms with Gasteiger partial charge in [-0.3, -0.25) is 9.59 Å². The molecule has 0 bridgehead atoms. The zero-order valence-electron chi connectivity index (χ0n) is 17.8. The van der Waals surface area contributed by atoms with E-state index in [1.807, 2.05) is 6.07 Å². The number of carbonyl (C=O) groups is 2. The van der Waals surface area contributed by atoms with E-state index >= 15 is 0 Å². The normalized spacial score (nSPS) is 17.1. The molecule has 8 nitrogen and oxygen atoms in total. The lowest BCUT2D eigenvalue weighted by molar-refractivity contribution is -0.122. The van der Waals surface area contributed by atoms with Gasteiger partial charge in [-0.05, 0) is 32.3 Å². The van der Waals surface area contributed by atoms with Crippen LogP contribution in [-0.4, -0.2) is 44.5 Å². The number of aliphatic hydroxyl groups is 1. The van der Waals surface area contributed by atoms with Crippen LogP contribution in [0.2, 0.25) is 0 Å². The molecule has 0 spiro atoms. The van der Waals surface area contributed by atoms with Crippen molar-refractivity contribution in [3.05, 3.63) is 59.4 Å². The van der Waals surface area contributed by atoms with E-state index in [9.17, 15) is 14.7 Å². The van der Waals surface area contributed by atoms with E-state index in [1.165, 1.54) is 0 Å². The SMILES string of the molecule is CC(C)(O)c1ccc(C(=O)Cc2cc(N3CCC[C@@H](C(N)=O)C3)n3nccc3n2)cc1. The molecule has 3 N–H and O–H groups in total. The van der Waals surface area contributed by atoms with Gasteiger partial charge in [-0.1, -0.05) is 24.3 Å². The number of Topliss-reactive ketones (excluding diaryl/α,β-unsaturated/α-hetero) is 1. The Balaban J connectivity index is 1.60. The molecule has 4 rings (SSSR count). The van der Waals surface area contributed by atoms with Crippen molar-refractivity contribution in [2.24, 2.45) is 11.7 Å². The fourth-order valence-electron chi connectivity index (χ4n) is 4.01. The number of anilines is 1. The molecule has 0 radical (unpaired) electrons.